The van der Waals surface area contributed by atoms with Gasteiger partial charge in [-0.2, -0.15) is 0 Å². The number of benzene rings is 3. The topological polar surface area (TPSA) is 96.0 Å². The van der Waals surface area contributed by atoms with Crippen molar-refractivity contribution in [3.8, 4) is 5.75 Å². The molecule has 8 nitrogen and oxygen atoms in total. The minimum atomic E-state index is -4.22. The number of hydrogen-bond acceptors (Lipinski definition) is 5. The Labute approximate surface area is 256 Å². The Hall–Kier alpha value is -2.98. The number of amides is 2. The fraction of sp³-hybridized carbons (Fsp3) is 0.310. The molecule has 0 saturated heterocycles. The Morgan fingerprint density at radius 1 is 0.951 bits per heavy atom. The van der Waals surface area contributed by atoms with Gasteiger partial charge in [0.2, 0.25) is 11.8 Å². The number of nitrogens with one attached hydrogen (secondary N) is 1. The Morgan fingerprint density at radius 2 is 1.61 bits per heavy atom. The summed E-state index contributed by atoms with van der Waals surface area (Å²) in [7, 11) is -2.74. The van der Waals surface area contributed by atoms with Gasteiger partial charge in [0.15, 0.2) is 0 Å². The molecular weight excluding hydrogens is 609 g/mol. The van der Waals surface area contributed by atoms with Crippen molar-refractivity contribution in [1.82, 2.24) is 10.2 Å². The summed E-state index contributed by atoms with van der Waals surface area (Å²) in [6.07, 6.45) is 1.67. The summed E-state index contributed by atoms with van der Waals surface area (Å²) in [6, 6.07) is 15.9. The number of hydrogen-bond donors (Lipinski definition) is 1. The van der Waals surface area contributed by atoms with Gasteiger partial charge < -0.3 is 15.0 Å². The minimum absolute atomic E-state index is 0.00483. The summed E-state index contributed by atoms with van der Waals surface area (Å²) in [5.41, 5.74) is 0.852. The van der Waals surface area contributed by atoms with E-state index in [1.54, 1.807) is 25.1 Å². The number of unbranched alkanes of at least 4 members (excludes halogenated alkanes) is 1. The quantitative estimate of drug-likeness (QED) is 0.225. The largest absolute Gasteiger partial charge is 0.497 e. The van der Waals surface area contributed by atoms with Crippen molar-refractivity contribution < 1.29 is 22.7 Å². The van der Waals surface area contributed by atoms with E-state index < -0.39 is 28.5 Å². The first-order valence-corrected chi connectivity index (χ1v) is 15.5. The highest BCUT2D eigenvalue weighted by atomic mass is 35.5. The van der Waals surface area contributed by atoms with Crippen LogP contribution in [0.3, 0.4) is 0 Å². The molecule has 12 heteroatoms. The van der Waals surface area contributed by atoms with Crippen molar-refractivity contribution in [2.75, 3.05) is 24.5 Å². The van der Waals surface area contributed by atoms with Gasteiger partial charge in [0, 0.05) is 18.1 Å². The molecule has 41 heavy (non-hydrogen) atoms. The third-order valence-corrected chi connectivity index (χ3v) is 9.15. The molecule has 2 amide bonds. The fourth-order valence-electron chi connectivity index (χ4n) is 3.96. The molecule has 0 saturated carbocycles. The van der Waals surface area contributed by atoms with Gasteiger partial charge in [0.1, 0.15) is 18.3 Å². The molecule has 1 atom stereocenters. The Bertz CT molecular complexity index is 1450. The second-order valence-corrected chi connectivity index (χ2v) is 12.4. The van der Waals surface area contributed by atoms with Gasteiger partial charge in [-0.15, -0.1) is 0 Å². The molecule has 3 rings (SSSR count). The lowest BCUT2D eigenvalue weighted by Gasteiger charge is -2.32. The van der Waals surface area contributed by atoms with Gasteiger partial charge >= 0.3 is 0 Å². The first kappa shape index (κ1) is 32.5. The van der Waals surface area contributed by atoms with Crippen LogP contribution < -0.4 is 14.4 Å². The van der Waals surface area contributed by atoms with Crippen LogP contribution in [-0.2, 0) is 26.2 Å². The molecule has 1 N–H and O–H groups in total. The van der Waals surface area contributed by atoms with E-state index in [4.69, 9.17) is 39.5 Å². The van der Waals surface area contributed by atoms with Gasteiger partial charge in [-0.05, 0) is 79.6 Å². The van der Waals surface area contributed by atoms with Crippen LogP contribution in [-0.4, -0.2) is 51.4 Å². The number of rotatable bonds is 13. The summed E-state index contributed by atoms with van der Waals surface area (Å²) >= 11 is 18.3. The van der Waals surface area contributed by atoms with Gasteiger partial charge in [0.05, 0.1) is 27.7 Å². The van der Waals surface area contributed by atoms with E-state index in [0.717, 1.165) is 17.1 Å². The molecule has 0 aliphatic rings. The Kier molecular flexibility index (Phi) is 11.7. The summed E-state index contributed by atoms with van der Waals surface area (Å²) < 4.78 is 33.9. The van der Waals surface area contributed by atoms with Crippen molar-refractivity contribution in [3.63, 3.8) is 0 Å². The van der Waals surface area contributed by atoms with Crippen LogP contribution in [0.1, 0.15) is 32.3 Å². The lowest BCUT2D eigenvalue weighted by atomic mass is 10.1. The Morgan fingerprint density at radius 3 is 2.20 bits per heavy atom. The molecule has 0 fully saturated rings. The first-order chi connectivity index (χ1) is 19.5. The van der Waals surface area contributed by atoms with Crippen molar-refractivity contribution in [2.45, 2.75) is 44.2 Å². The molecule has 220 valence electrons. The minimum Gasteiger partial charge on any atom is -0.497 e. The van der Waals surface area contributed by atoms with Gasteiger partial charge in [-0.25, -0.2) is 8.42 Å². The highest BCUT2D eigenvalue weighted by Crippen LogP contribution is 2.28. The van der Waals surface area contributed by atoms with Crippen molar-refractivity contribution in [1.29, 1.82) is 0 Å². The average molecular weight is 641 g/mol. The van der Waals surface area contributed by atoms with E-state index in [-0.39, 0.29) is 23.0 Å². The summed E-state index contributed by atoms with van der Waals surface area (Å²) in [6.45, 7) is 3.47. The molecule has 0 unspecified atom stereocenters. The van der Waals surface area contributed by atoms with Gasteiger partial charge in [-0.3, -0.25) is 13.9 Å². The van der Waals surface area contributed by atoms with Crippen LogP contribution in [0.2, 0.25) is 15.1 Å². The summed E-state index contributed by atoms with van der Waals surface area (Å²) in [5.74, 6) is -0.474. The second kappa shape index (κ2) is 14.8. The maximum Gasteiger partial charge on any atom is 0.264 e. The predicted octanol–water partition coefficient (Wildman–Crippen LogP) is 6.18. The molecule has 0 aliphatic carbocycles. The monoisotopic (exact) mass is 639 g/mol. The second-order valence-electron chi connectivity index (χ2n) is 9.25. The zero-order valence-corrected chi connectivity index (χ0v) is 26.0. The third-order valence-electron chi connectivity index (χ3n) is 6.37. The van der Waals surface area contributed by atoms with Gasteiger partial charge in [-0.1, -0.05) is 54.2 Å². The molecular formula is C29H32Cl3N3O5S. The zero-order valence-electron chi connectivity index (χ0n) is 22.9. The molecule has 0 aromatic heterocycles. The molecule has 3 aromatic rings. The van der Waals surface area contributed by atoms with Crippen LogP contribution in [0, 0.1) is 0 Å². The zero-order chi connectivity index (χ0) is 30.2. The van der Waals surface area contributed by atoms with Crippen molar-refractivity contribution >= 4 is 62.3 Å². The Balaban J connectivity index is 2.01. The van der Waals surface area contributed by atoms with Crippen molar-refractivity contribution in [2.24, 2.45) is 0 Å². The predicted molar refractivity (Wildman–Crippen MR) is 163 cm³/mol. The van der Waals surface area contributed by atoms with E-state index in [0.29, 0.717) is 32.9 Å². The number of halogens is 3. The number of anilines is 1. The summed E-state index contributed by atoms with van der Waals surface area (Å²) in [4.78, 5) is 28.3. The molecule has 0 spiro atoms. The van der Waals surface area contributed by atoms with Crippen molar-refractivity contribution in [3.05, 3.63) is 87.4 Å². The smallest absolute Gasteiger partial charge is 0.264 e. The highest BCUT2D eigenvalue weighted by molar-refractivity contribution is 7.92. The molecule has 0 aliphatic heterocycles. The lowest BCUT2D eigenvalue weighted by molar-refractivity contribution is -0.139. The van der Waals surface area contributed by atoms with E-state index >= 15 is 0 Å². The maximum absolute atomic E-state index is 13.9. The van der Waals surface area contributed by atoms with E-state index in [1.165, 1.54) is 60.5 Å². The third kappa shape index (κ3) is 8.52. The first-order valence-electron chi connectivity index (χ1n) is 12.9. The summed E-state index contributed by atoms with van der Waals surface area (Å²) in [5, 5.41) is 3.89. The standard InChI is InChI=1S/C29H32Cl3N3O5S/c1-4-5-16-33-29(37)20(2)34(18-21-6-15-26(31)27(32)17-21)28(36)19-35(23-9-7-22(30)8-10-23)41(38,39)25-13-11-24(40-3)12-14-25/h6-15,17,20H,4-5,16,18-19H2,1-3H3,(H,33,37)/t20-/m1/s1. The molecule has 0 heterocycles. The number of nitrogens with zero attached hydrogens (tertiary/aromatic N) is 2. The molecule has 0 radical (unpaired) electrons. The normalized spacial score (nSPS) is 12.0. The molecule has 3 aromatic carbocycles. The fourth-order valence-corrected chi connectivity index (χ4v) is 5.83. The lowest BCUT2D eigenvalue weighted by Crippen LogP contribution is -2.51. The van der Waals surface area contributed by atoms with Gasteiger partial charge in [0.25, 0.3) is 10.0 Å². The molecule has 0 bridgehead atoms. The van der Waals surface area contributed by atoms with Crippen LogP contribution in [0.25, 0.3) is 0 Å². The van der Waals surface area contributed by atoms with Crippen LogP contribution in [0.4, 0.5) is 5.69 Å². The number of carbonyl (C=O) groups is 2. The number of ether oxygens (including phenoxy) is 1. The number of sulfonamides is 1. The SMILES string of the molecule is CCCCNC(=O)[C@@H](C)N(Cc1ccc(Cl)c(Cl)c1)C(=O)CN(c1ccc(Cl)cc1)S(=O)(=O)c1ccc(OC)cc1. The number of carbonyl (C=O) groups excluding carboxylic acids is 2. The highest BCUT2D eigenvalue weighted by Gasteiger charge is 2.32. The van der Waals surface area contributed by atoms with Crippen LogP contribution in [0.15, 0.2) is 71.6 Å². The van der Waals surface area contributed by atoms with E-state index in [2.05, 4.69) is 5.32 Å². The van der Waals surface area contributed by atoms with E-state index in [1.807, 2.05) is 6.92 Å². The van der Waals surface area contributed by atoms with Crippen LogP contribution in [0.5, 0.6) is 5.75 Å². The maximum atomic E-state index is 13.9. The average Bonchev–Trinajstić information content (AvgIpc) is 2.96. The van der Waals surface area contributed by atoms with Crippen LogP contribution >= 0.6 is 34.8 Å². The number of methoxy groups -OCH3 is 1. The van der Waals surface area contributed by atoms with E-state index in [9.17, 15) is 18.0 Å².